The van der Waals surface area contributed by atoms with Gasteiger partial charge in [0.05, 0.1) is 5.69 Å². The van der Waals surface area contributed by atoms with Gasteiger partial charge in [0.15, 0.2) is 4.77 Å². The number of aromatic amines is 1. The van der Waals surface area contributed by atoms with Crippen LogP contribution in [0.4, 0.5) is 0 Å². The Morgan fingerprint density at radius 2 is 1.63 bits per heavy atom. The number of phenols is 1. The van der Waals surface area contributed by atoms with Crippen LogP contribution >= 0.6 is 12.2 Å². The molecule has 0 unspecified atom stereocenters. The summed E-state index contributed by atoms with van der Waals surface area (Å²) < 4.78 is 2.52. The number of hydrogen-bond acceptors (Lipinski definition) is 2. The second-order valence-corrected chi connectivity index (χ2v) is 4.61. The van der Waals surface area contributed by atoms with Crippen LogP contribution < -0.4 is 0 Å². The summed E-state index contributed by atoms with van der Waals surface area (Å²) in [4.78, 5) is 3.19. The molecule has 0 atom stereocenters. The maximum atomic E-state index is 9.31. The number of nitrogens with zero attached hydrogens (tertiary/aromatic N) is 1. The minimum Gasteiger partial charge on any atom is -0.508 e. The van der Waals surface area contributed by atoms with Gasteiger partial charge < -0.3 is 10.1 Å². The zero-order valence-corrected chi connectivity index (χ0v) is 10.9. The second kappa shape index (κ2) is 4.74. The lowest BCUT2D eigenvalue weighted by atomic mass is 10.2. The first-order valence-corrected chi connectivity index (χ1v) is 6.31. The Kier molecular flexibility index (Phi) is 2.93. The van der Waals surface area contributed by atoms with Crippen molar-refractivity contribution < 1.29 is 5.11 Å². The van der Waals surface area contributed by atoms with Crippen molar-refractivity contribution in [3.63, 3.8) is 0 Å². The molecule has 1 heterocycles. The Bertz CT molecular complexity index is 742. The number of H-pyrrole nitrogens is 1. The Balaban J connectivity index is 2.08. The van der Waals surface area contributed by atoms with E-state index in [-0.39, 0.29) is 5.75 Å². The summed E-state index contributed by atoms with van der Waals surface area (Å²) in [6, 6.07) is 17.0. The zero-order chi connectivity index (χ0) is 13.2. The summed E-state index contributed by atoms with van der Waals surface area (Å²) in [5.41, 5.74) is 2.98. The van der Waals surface area contributed by atoms with Gasteiger partial charge in [0.1, 0.15) is 5.75 Å². The molecule has 0 saturated heterocycles. The fourth-order valence-corrected chi connectivity index (χ4v) is 2.23. The Labute approximate surface area is 115 Å². The highest BCUT2D eigenvalue weighted by molar-refractivity contribution is 7.71. The molecule has 19 heavy (non-hydrogen) atoms. The average molecular weight is 268 g/mol. The fourth-order valence-electron chi connectivity index (χ4n) is 1.96. The molecule has 1 aromatic heterocycles. The summed E-state index contributed by atoms with van der Waals surface area (Å²) in [5.74, 6) is 0.245. The van der Waals surface area contributed by atoms with Crippen molar-refractivity contribution in [3.05, 3.63) is 65.6 Å². The predicted octanol–water partition coefficient (Wildman–Crippen LogP) is 3.91. The van der Waals surface area contributed by atoms with Gasteiger partial charge in [0.2, 0.25) is 0 Å². The van der Waals surface area contributed by atoms with Gasteiger partial charge in [-0.05, 0) is 42.0 Å². The number of nitrogens with one attached hydrogen (secondary N) is 1. The maximum absolute atomic E-state index is 9.31. The van der Waals surface area contributed by atoms with E-state index in [2.05, 4.69) is 4.98 Å². The van der Waals surface area contributed by atoms with Gasteiger partial charge in [0, 0.05) is 11.9 Å². The topological polar surface area (TPSA) is 41.0 Å². The van der Waals surface area contributed by atoms with Gasteiger partial charge in [-0.2, -0.15) is 0 Å². The third-order valence-electron chi connectivity index (χ3n) is 2.93. The highest BCUT2D eigenvalue weighted by atomic mass is 32.1. The molecule has 0 aliphatic rings. The average Bonchev–Trinajstić information content (AvgIpc) is 2.83. The number of imidazole rings is 1. The molecule has 4 heteroatoms. The van der Waals surface area contributed by atoms with Gasteiger partial charge in [-0.25, -0.2) is 0 Å². The van der Waals surface area contributed by atoms with E-state index in [9.17, 15) is 5.11 Å². The molecule has 3 aromatic rings. The first kappa shape index (κ1) is 11.7. The first-order chi connectivity index (χ1) is 9.24. The summed E-state index contributed by atoms with van der Waals surface area (Å²) in [6.45, 7) is 0. The SMILES string of the molecule is Oc1ccc(-n2cc(-c3ccccc3)[nH]c2=S)cc1. The molecule has 3 nitrogen and oxygen atoms in total. The Morgan fingerprint density at radius 3 is 2.32 bits per heavy atom. The van der Waals surface area contributed by atoms with Crippen LogP contribution in [-0.4, -0.2) is 14.7 Å². The van der Waals surface area contributed by atoms with Crippen molar-refractivity contribution in [2.45, 2.75) is 0 Å². The van der Waals surface area contributed by atoms with Crippen LogP contribution in [0.2, 0.25) is 0 Å². The van der Waals surface area contributed by atoms with Crippen molar-refractivity contribution in [2.24, 2.45) is 0 Å². The molecule has 0 bridgehead atoms. The second-order valence-electron chi connectivity index (χ2n) is 4.23. The van der Waals surface area contributed by atoms with Crippen molar-refractivity contribution in [1.29, 1.82) is 0 Å². The minimum atomic E-state index is 0.245. The van der Waals surface area contributed by atoms with Crippen molar-refractivity contribution in [3.8, 4) is 22.7 Å². The number of phenolic OH excluding ortho intramolecular Hbond substituents is 1. The molecule has 2 aromatic carbocycles. The van der Waals surface area contributed by atoms with Crippen LogP contribution in [0.3, 0.4) is 0 Å². The molecular weight excluding hydrogens is 256 g/mol. The van der Waals surface area contributed by atoms with E-state index in [1.165, 1.54) is 0 Å². The molecule has 2 N–H and O–H groups in total. The van der Waals surface area contributed by atoms with Crippen molar-refractivity contribution >= 4 is 12.2 Å². The van der Waals surface area contributed by atoms with Crippen LogP contribution in [0.5, 0.6) is 5.75 Å². The standard InChI is InChI=1S/C15H12N2OS/c18-13-8-6-12(7-9-13)17-10-14(16-15(17)19)11-4-2-1-3-5-11/h1-10,18H,(H,16,19). The van der Waals surface area contributed by atoms with E-state index in [1.807, 2.05) is 53.2 Å². The lowest BCUT2D eigenvalue weighted by Crippen LogP contribution is -1.90. The number of benzene rings is 2. The van der Waals surface area contributed by atoms with E-state index in [0.717, 1.165) is 16.9 Å². The molecule has 3 rings (SSSR count). The lowest BCUT2D eigenvalue weighted by molar-refractivity contribution is 0.475. The normalized spacial score (nSPS) is 10.5. The van der Waals surface area contributed by atoms with Crippen LogP contribution in [0.15, 0.2) is 60.8 Å². The van der Waals surface area contributed by atoms with Gasteiger partial charge in [-0.15, -0.1) is 0 Å². The summed E-state index contributed by atoms with van der Waals surface area (Å²) in [5, 5.41) is 9.31. The quantitative estimate of drug-likeness (QED) is 0.692. The monoisotopic (exact) mass is 268 g/mol. The molecular formula is C15H12N2OS. The summed E-state index contributed by atoms with van der Waals surface area (Å²) in [6.07, 6.45) is 1.96. The smallest absolute Gasteiger partial charge is 0.182 e. The number of aromatic nitrogens is 2. The highest BCUT2D eigenvalue weighted by Crippen LogP contribution is 2.20. The van der Waals surface area contributed by atoms with Gasteiger partial charge in [0.25, 0.3) is 0 Å². The summed E-state index contributed by atoms with van der Waals surface area (Å²) in [7, 11) is 0. The van der Waals surface area contributed by atoms with E-state index < -0.39 is 0 Å². The van der Waals surface area contributed by atoms with Gasteiger partial charge in [-0.1, -0.05) is 30.3 Å². The summed E-state index contributed by atoms with van der Waals surface area (Å²) >= 11 is 5.33. The van der Waals surface area contributed by atoms with Crippen molar-refractivity contribution in [1.82, 2.24) is 9.55 Å². The number of hydrogen-bond donors (Lipinski definition) is 2. The van der Waals surface area contributed by atoms with Gasteiger partial charge >= 0.3 is 0 Å². The Hall–Kier alpha value is -2.33. The molecule has 0 saturated carbocycles. The molecule has 94 valence electrons. The molecule has 0 aliphatic heterocycles. The largest absolute Gasteiger partial charge is 0.508 e. The van der Waals surface area contributed by atoms with Crippen LogP contribution in [0, 0.1) is 4.77 Å². The molecule has 0 fully saturated rings. The van der Waals surface area contributed by atoms with Crippen molar-refractivity contribution in [2.75, 3.05) is 0 Å². The van der Waals surface area contributed by atoms with E-state index in [0.29, 0.717) is 4.77 Å². The first-order valence-electron chi connectivity index (χ1n) is 5.90. The van der Waals surface area contributed by atoms with Crippen LogP contribution in [0.1, 0.15) is 0 Å². The van der Waals surface area contributed by atoms with E-state index in [1.54, 1.807) is 12.1 Å². The lowest BCUT2D eigenvalue weighted by Gasteiger charge is -2.01. The predicted molar refractivity (Wildman–Crippen MR) is 78.1 cm³/mol. The maximum Gasteiger partial charge on any atom is 0.182 e. The highest BCUT2D eigenvalue weighted by Gasteiger charge is 2.04. The molecule has 0 aliphatic carbocycles. The van der Waals surface area contributed by atoms with Crippen LogP contribution in [0.25, 0.3) is 16.9 Å². The van der Waals surface area contributed by atoms with E-state index >= 15 is 0 Å². The molecule has 0 radical (unpaired) electrons. The third-order valence-corrected chi connectivity index (χ3v) is 3.23. The fraction of sp³-hybridized carbons (Fsp3) is 0. The third kappa shape index (κ3) is 2.30. The molecule has 0 amide bonds. The number of rotatable bonds is 2. The minimum absolute atomic E-state index is 0.245. The Morgan fingerprint density at radius 1 is 0.947 bits per heavy atom. The van der Waals surface area contributed by atoms with E-state index in [4.69, 9.17) is 12.2 Å². The zero-order valence-electron chi connectivity index (χ0n) is 10.1. The van der Waals surface area contributed by atoms with Crippen LogP contribution in [-0.2, 0) is 0 Å². The van der Waals surface area contributed by atoms with Gasteiger partial charge in [-0.3, -0.25) is 4.57 Å². The number of aromatic hydroxyl groups is 1. The molecule has 0 spiro atoms.